The third-order valence-corrected chi connectivity index (χ3v) is 5.89. The summed E-state index contributed by atoms with van der Waals surface area (Å²) in [6.45, 7) is 1.60. The summed E-state index contributed by atoms with van der Waals surface area (Å²) < 4.78 is 36.0. The maximum Gasteiger partial charge on any atom is 0.265 e. The SMILES string of the molecule is C/C(=N/OCC(=O)Nc1cccc(S(=O)(=O)N(C)C)c1)c1ccc2c(c1)OCO2. The molecule has 154 valence electrons. The number of fused-ring (bicyclic) bond motifs is 1. The van der Waals surface area contributed by atoms with Gasteiger partial charge in [0.15, 0.2) is 18.1 Å². The molecule has 0 aliphatic carbocycles. The van der Waals surface area contributed by atoms with E-state index >= 15 is 0 Å². The fourth-order valence-corrected chi connectivity index (χ4v) is 3.45. The number of amides is 1. The summed E-state index contributed by atoms with van der Waals surface area (Å²) in [4.78, 5) is 17.3. The zero-order valence-electron chi connectivity index (χ0n) is 16.2. The van der Waals surface area contributed by atoms with Crippen LogP contribution >= 0.6 is 0 Å². The molecule has 9 nitrogen and oxygen atoms in total. The molecule has 1 amide bonds. The lowest BCUT2D eigenvalue weighted by Gasteiger charge is -2.12. The Morgan fingerprint density at radius 1 is 1.17 bits per heavy atom. The molecule has 3 rings (SSSR count). The van der Waals surface area contributed by atoms with Gasteiger partial charge in [0.2, 0.25) is 16.8 Å². The molecule has 0 saturated heterocycles. The summed E-state index contributed by atoms with van der Waals surface area (Å²) >= 11 is 0. The van der Waals surface area contributed by atoms with Gasteiger partial charge < -0.3 is 19.6 Å². The molecule has 0 radical (unpaired) electrons. The predicted molar refractivity (Wildman–Crippen MR) is 107 cm³/mol. The Morgan fingerprint density at radius 3 is 2.69 bits per heavy atom. The van der Waals surface area contributed by atoms with Crippen molar-refractivity contribution < 1.29 is 27.5 Å². The van der Waals surface area contributed by atoms with E-state index in [1.54, 1.807) is 31.2 Å². The molecule has 10 heteroatoms. The third-order valence-electron chi connectivity index (χ3n) is 4.08. The van der Waals surface area contributed by atoms with E-state index in [9.17, 15) is 13.2 Å². The Balaban J connectivity index is 1.58. The topological polar surface area (TPSA) is 107 Å². The van der Waals surface area contributed by atoms with Gasteiger partial charge in [0.1, 0.15) is 0 Å². The molecule has 0 unspecified atom stereocenters. The van der Waals surface area contributed by atoms with Gasteiger partial charge in [-0.1, -0.05) is 11.2 Å². The van der Waals surface area contributed by atoms with Gasteiger partial charge in [0.25, 0.3) is 5.91 Å². The lowest BCUT2D eigenvalue weighted by atomic mass is 10.1. The number of anilines is 1. The number of rotatable bonds is 7. The molecule has 2 aromatic carbocycles. The molecule has 1 N–H and O–H groups in total. The molecule has 2 aromatic rings. The summed E-state index contributed by atoms with van der Waals surface area (Å²) in [5.74, 6) is 0.828. The molecule has 0 saturated carbocycles. The van der Waals surface area contributed by atoms with Crippen molar-refractivity contribution in [2.45, 2.75) is 11.8 Å². The standard InChI is InChI=1S/C19H21N3O6S/c1-13(14-7-8-17-18(9-14)27-12-26-17)21-28-11-19(23)20-15-5-4-6-16(10-15)29(24,25)22(2)3/h4-10H,11-12H2,1-3H3,(H,20,23)/b21-13-. The number of hydrogen-bond donors (Lipinski definition) is 1. The minimum Gasteiger partial charge on any atom is -0.454 e. The maximum absolute atomic E-state index is 12.2. The van der Waals surface area contributed by atoms with Crippen LogP contribution in [0.1, 0.15) is 12.5 Å². The Bertz CT molecular complexity index is 1050. The lowest BCUT2D eigenvalue weighted by Crippen LogP contribution is -2.22. The number of carbonyl (C=O) groups is 1. The molecule has 0 spiro atoms. The van der Waals surface area contributed by atoms with Crippen LogP contribution in [0.3, 0.4) is 0 Å². The van der Waals surface area contributed by atoms with Gasteiger partial charge in [-0.25, -0.2) is 12.7 Å². The number of benzene rings is 2. The van der Waals surface area contributed by atoms with Gasteiger partial charge in [0.05, 0.1) is 10.6 Å². The van der Waals surface area contributed by atoms with Crippen LogP contribution in [0.15, 0.2) is 52.5 Å². The van der Waals surface area contributed by atoms with Crippen LogP contribution < -0.4 is 14.8 Å². The van der Waals surface area contributed by atoms with Crippen LogP contribution in [0.25, 0.3) is 0 Å². The monoisotopic (exact) mass is 419 g/mol. The number of hydrogen-bond acceptors (Lipinski definition) is 7. The van der Waals surface area contributed by atoms with Gasteiger partial charge in [0, 0.05) is 25.3 Å². The van der Waals surface area contributed by atoms with Crippen LogP contribution in [0.2, 0.25) is 0 Å². The zero-order valence-corrected chi connectivity index (χ0v) is 17.0. The first-order chi connectivity index (χ1) is 13.8. The van der Waals surface area contributed by atoms with Crippen molar-refractivity contribution in [2.75, 3.05) is 32.8 Å². The fraction of sp³-hybridized carbons (Fsp3) is 0.263. The van der Waals surface area contributed by atoms with E-state index in [0.717, 1.165) is 9.87 Å². The van der Waals surface area contributed by atoms with Crippen molar-refractivity contribution in [3.8, 4) is 11.5 Å². The highest BCUT2D eigenvalue weighted by Crippen LogP contribution is 2.32. The summed E-state index contributed by atoms with van der Waals surface area (Å²) in [6, 6.07) is 11.4. The van der Waals surface area contributed by atoms with Gasteiger partial charge >= 0.3 is 0 Å². The highest BCUT2D eigenvalue weighted by molar-refractivity contribution is 7.89. The number of carbonyl (C=O) groups excluding carboxylic acids is 1. The second-order valence-electron chi connectivity index (χ2n) is 6.38. The van der Waals surface area contributed by atoms with Crippen molar-refractivity contribution in [1.82, 2.24) is 4.31 Å². The lowest BCUT2D eigenvalue weighted by molar-refractivity contribution is -0.120. The van der Waals surface area contributed by atoms with Crippen molar-refractivity contribution in [1.29, 1.82) is 0 Å². The molecule has 0 bridgehead atoms. The number of nitrogens with zero attached hydrogens (tertiary/aromatic N) is 2. The first-order valence-electron chi connectivity index (χ1n) is 8.66. The first kappa shape index (κ1) is 20.6. The smallest absolute Gasteiger partial charge is 0.265 e. The Morgan fingerprint density at radius 2 is 1.93 bits per heavy atom. The Labute approximate surface area is 168 Å². The summed E-state index contributed by atoms with van der Waals surface area (Å²) in [6.07, 6.45) is 0. The summed E-state index contributed by atoms with van der Waals surface area (Å²) in [5.41, 5.74) is 1.68. The molecule has 29 heavy (non-hydrogen) atoms. The van der Waals surface area contributed by atoms with Gasteiger partial charge in [-0.05, 0) is 43.3 Å². The van der Waals surface area contributed by atoms with Crippen molar-refractivity contribution in [3.05, 3.63) is 48.0 Å². The quantitative estimate of drug-likeness (QED) is 0.544. The fourth-order valence-electron chi connectivity index (χ4n) is 2.50. The minimum atomic E-state index is -3.59. The average molecular weight is 419 g/mol. The van der Waals surface area contributed by atoms with Crippen molar-refractivity contribution in [2.24, 2.45) is 5.16 Å². The van der Waals surface area contributed by atoms with E-state index in [4.69, 9.17) is 14.3 Å². The molecule has 1 aliphatic heterocycles. The summed E-state index contributed by atoms with van der Waals surface area (Å²) in [7, 11) is -0.710. The van der Waals surface area contributed by atoms with E-state index in [0.29, 0.717) is 22.9 Å². The largest absolute Gasteiger partial charge is 0.454 e. The van der Waals surface area contributed by atoms with Gasteiger partial charge in [-0.2, -0.15) is 0 Å². The normalized spacial score (nSPS) is 13.4. The van der Waals surface area contributed by atoms with Crippen LogP contribution in [0.4, 0.5) is 5.69 Å². The molecular formula is C19H21N3O6S. The van der Waals surface area contributed by atoms with Crippen molar-refractivity contribution >= 4 is 27.3 Å². The molecule has 1 aliphatic rings. The number of ether oxygens (including phenoxy) is 2. The molecule has 0 atom stereocenters. The molecule has 1 heterocycles. The van der Waals surface area contributed by atoms with E-state index in [2.05, 4.69) is 10.5 Å². The highest BCUT2D eigenvalue weighted by Gasteiger charge is 2.18. The zero-order chi connectivity index (χ0) is 21.0. The third kappa shape index (κ3) is 4.84. The second-order valence-corrected chi connectivity index (χ2v) is 8.53. The predicted octanol–water partition coefficient (Wildman–Crippen LogP) is 2.04. The van der Waals surface area contributed by atoms with Crippen LogP contribution in [0, 0.1) is 0 Å². The van der Waals surface area contributed by atoms with E-state index in [1.807, 2.05) is 6.07 Å². The van der Waals surface area contributed by atoms with Crippen LogP contribution in [-0.2, 0) is 19.7 Å². The Kier molecular flexibility index (Phi) is 6.04. The minimum absolute atomic E-state index is 0.0814. The maximum atomic E-state index is 12.2. The first-order valence-corrected chi connectivity index (χ1v) is 10.1. The second kappa shape index (κ2) is 8.50. The molecular weight excluding hydrogens is 398 g/mol. The van der Waals surface area contributed by atoms with Crippen LogP contribution in [0.5, 0.6) is 11.5 Å². The highest BCUT2D eigenvalue weighted by atomic mass is 32.2. The van der Waals surface area contributed by atoms with Gasteiger partial charge in [-0.15, -0.1) is 0 Å². The summed E-state index contributed by atoms with van der Waals surface area (Å²) in [5, 5.41) is 6.53. The molecule has 0 fully saturated rings. The molecule has 0 aromatic heterocycles. The van der Waals surface area contributed by atoms with E-state index in [1.165, 1.54) is 26.2 Å². The van der Waals surface area contributed by atoms with Gasteiger partial charge in [-0.3, -0.25) is 4.79 Å². The van der Waals surface area contributed by atoms with Crippen LogP contribution in [-0.4, -0.2) is 51.8 Å². The average Bonchev–Trinajstić information content (AvgIpc) is 3.15. The number of nitrogens with one attached hydrogen (secondary N) is 1. The number of oxime groups is 1. The van der Waals surface area contributed by atoms with E-state index in [-0.39, 0.29) is 18.3 Å². The van der Waals surface area contributed by atoms with Crippen molar-refractivity contribution in [3.63, 3.8) is 0 Å². The number of sulfonamides is 1. The Hall–Kier alpha value is -3.11. The van der Waals surface area contributed by atoms with E-state index < -0.39 is 15.9 Å².